The fraction of sp³-hybridized carbons (Fsp3) is 0.556. The maximum Gasteiger partial charge on any atom is 0.222 e. The minimum atomic E-state index is -1.07. The van der Waals surface area contributed by atoms with E-state index in [0.717, 1.165) is 12.4 Å². The van der Waals surface area contributed by atoms with E-state index < -0.39 is 11.5 Å². The summed E-state index contributed by atoms with van der Waals surface area (Å²) in [6.45, 7) is 1.57. The Hall–Kier alpha value is -1.26. The van der Waals surface area contributed by atoms with Crippen molar-refractivity contribution in [1.29, 1.82) is 0 Å². The van der Waals surface area contributed by atoms with Crippen LogP contribution in [0.2, 0.25) is 0 Å². The van der Waals surface area contributed by atoms with Gasteiger partial charge in [0.05, 0.1) is 12.4 Å². The number of hydrogen-bond acceptors (Lipinski definition) is 3. The van der Waals surface area contributed by atoms with E-state index in [1.54, 1.807) is 6.92 Å². The smallest absolute Gasteiger partial charge is 0.222 e. The van der Waals surface area contributed by atoms with Crippen LogP contribution in [0.4, 0.5) is 14.7 Å². The molecule has 1 aliphatic carbocycles. The molecule has 0 aromatic carbocycles. The van der Waals surface area contributed by atoms with Crippen LogP contribution in [0.1, 0.15) is 19.8 Å². The molecule has 0 amide bonds. The second-order valence-corrected chi connectivity index (χ2v) is 3.89. The summed E-state index contributed by atoms with van der Waals surface area (Å²) < 4.78 is 25.5. The van der Waals surface area contributed by atoms with Crippen molar-refractivity contribution < 1.29 is 8.78 Å². The van der Waals surface area contributed by atoms with Crippen LogP contribution in [-0.4, -0.2) is 21.7 Å². The summed E-state index contributed by atoms with van der Waals surface area (Å²) in [6, 6.07) is 0.0652. The number of nitrogens with one attached hydrogen (secondary N) is 1. The Morgan fingerprint density at radius 1 is 1.43 bits per heavy atom. The lowest BCUT2D eigenvalue weighted by molar-refractivity contribution is 0.0720. The molecule has 1 aliphatic rings. The van der Waals surface area contributed by atoms with Crippen LogP contribution in [0, 0.1) is 5.82 Å². The molecule has 1 fully saturated rings. The molecule has 1 heterocycles. The zero-order valence-electron chi connectivity index (χ0n) is 7.80. The normalized spacial score (nSPS) is 30.9. The van der Waals surface area contributed by atoms with E-state index in [2.05, 4.69) is 15.3 Å². The van der Waals surface area contributed by atoms with Crippen molar-refractivity contribution >= 4 is 5.95 Å². The molecule has 0 unspecified atom stereocenters. The summed E-state index contributed by atoms with van der Waals surface area (Å²) in [6.07, 6.45) is 3.08. The molecule has 0 aliphatic heterocycles. The molecule has 0 bridgehead atoms. The maximum atomic E-state index is 13.1. The summed E-state index contributed by atoms with van der Waals surface area (Å²) >= 11 is 0. The predicted molar refractivity (Wildman–Crippen MR) is 48.1 cm³/mol. The summed E-state index contributed by atoms with van der Waals surface area (Å²) in [4.78, 5) is 7.46. The molecule has 5 heteroatoms. The average molecular weight is 199 g/mol. The van der Waals surface area contributed by atoms with E-state index in [1.165, 1.54) is 0 Å². The van der Waals surface area contributed by atoms with Crippen LogP contribution < -0.4 is 5.32 Å². The highest BCUT2D eigenvalue weighted by Gasteiger charge is 2.40. The molecule has 1 N–H and O–H groups in total. The van der Waals surface area contributed by atoms with Crippen molar-refractivity contribution in [3.05, 3.63) is 18.2 Å². The van der Waals surface area contributed by atoms with Gasteiger partial charge in [-0.05, 0) is 6.92 Å². The SMILES string of the molecule is CC1(F)CC(Nc2ncc(F)cn2)C1. The van der Waals surface area contributed by atoms with Crippen molar-refractivity contribution in [2.75, 3.05) is 5.32 Å². The highest BCUT2D eigenvalue weighted by atomic mass is 19.1. The van der Waals surface area contributed by atoms with Gasteiger partial charge in [0.2, 0.25) is 5.95 Å². The maximum absolute atomic E-state index is 13.1. The molecule has 0 radical (unpaired) electrons. The summed E-state index contributed by atoms with van der Waals surface area (Å²) in [7, 11) is 0. The van der Waals surface area contributed by atoms with Gasteiger partial charge in [0.15, 0.2) is 5.82 Å². The van der Waals surface area contributed by atoms with Crippen molar-refractivity contribution in [2.45, 2.75) is 31.5 Å². The van der Waals surface area contributed by atoms with Gasteiger partial charge in [0, 0.05) is 18.9 Å². The van der Waals surface area contributed by atoms with E-state index in [9.17, 15) is 8.78 Å². The van der Waals surface area contributed by atoms with Crippen LogP contribution in [-0.2, 0) is 0 Å². The first-order valence-corrected chi connectivity index (χ1v) is 4.48. The number of aromatic nitrogens is 2. The standard InChI is InChI=1S/C9H11F2N3/c1-9(11)2-7(3-9)14-8-12-4-6(10)5-13-8/h4-5,7H,2-3H2,1H3,(H,12,13,14). The first kappa shape index (κ1) is 9.30. The second-order valence-electron chi connectivity index (χ2n) is 3.89. The topological polar surface area (TPSA) is 37.8 Å². The molecule has 3 nitrogen and oxygen atoms in total. The minimum Gasteiger partial charge on any atom is -0.351 e. The molecule has 2 rings (SSSR count). The van der Waals surface area contributed by atoms with Crippen molar-refractivity contribution in [2.24, 2.45) is 0 Å². The van der Waals surface area contributed by atoms with E-state index in [4.69, 9.17) is 0 Å². The van der Waals surface area contributed by atoms with Gasteiger partial charge < -0.3 is 5.32 Å². The number of hydrogen-bond donors (Lipinski definition) is 1. The Labute approximate surface area is 80.6 Å². The zero-order valence-corrected chi connectivity index (χ0v) is 7.80. The van der Waals surface area contributed by atoms with Gasteiger partial charge in [-0.3, -0.25) is 0 Å². The van der Waals surface area contributed by atoms with Crippen LogP contribution in [0.5, 0.6) is 0 Å². The highest BCUT2D eigenvalue weighted by molar-refractivity contribution is 5.27. The van der Waals surface area contributed by atoms with E-state index in [-0.39, 0.29) is 6.04 Å². The Kier molecular flexibility index (Phi) is 2.09. The largest absolute Gasteiger partial charge is 0.351 e. The Bertz CT molecular complexity index is 315. The van der Waals surface area contributed by atoms with Gasteiger partial charge in [-0.15, -0.1) is 0 Å². The summed E-state index contributed by atoms with van der Waals surface area (Å²) in [5.74, 6) is -0.119. The van der Waals surface area contributed by atoms with Crippen molar-refractivity contribution in [3.63, 3.8) is 0 Å². The van der Waals surface area contributed by atoms with Crippen LogP contribution >= 0.6 is 0 Å². The Morgan fingerprint density at radius 2 is 2.00 bits per heavy atom. The van der Waals surface area contributed by atoms with Gasteiger partial charge in [-0.25, -0.2) is 18.7 Å². The molecular weight excluding hydrogens is 188 g/mol. The van der Waals surface area contributed by atoms with Crippen LogP contribution in [0.15, 0.2) is 12.4 Å². The van der Waals surface area contributed by atoms with Crippen molar-refractivity contribution in [1.82, 2.24) is 9.97 Å². The molecule has 1 saturated carbocycles. The van der Waals surface area contributed by atoms with Gasteiger partial charge in [0.25, 0.3) is 0 Å². The third-order valence-corrected chi connectivity index (χ3v) is 2.30. The molecular formula is C9H11F2N3. The van der Waals surface area contributed by atoms with E-state index >= 15 is 0 Å². The Morgan fingerprint density at radius 3 is 2.50 bits per heavy atom. The lowest BCUT2D eigenvalue weighted by atomic mass is 9.79. The molecule has 0 atom stereocenters. The van der Waals surface area contributed by atoms with E-state index in [1.807, 2.05) is 0 Å². The predicted octanol–water partition coefficient (Wildman–Crippen LogP) is 1.92. The van der Waals surface area contributed by atoms with Gasteiger partial charge in [0.1, 0.15) is 5.67 Å². The number of halogens is 2. The number of anilines is 1. The Balaban J connectivity index is 1.90. The van der Waals surface area contributed by atoms with Crippen molar-refractivity contribution in [3.8, 4) is 0 Å². The second kappa shape index (κ2) is 3.15. The van der Waals surface area contributed by atoms with Crippen LogP contribution in [0.3, 0.4) is 0 Å². The third kappa shape index (κ3) is 1.97. The fourth-order valence-electron chi connectivity index (χ4n) is 1.64. The number of rotatable bonds is 2. The fourth-order valence-corrected chi connectivity index (χ4v) is 1.64. The number of alkyl halides is 1. The van der Waals surface area contributed by atoms with Gasteiger partial charge >= 0.3 is 0 Å². The minimum absolute atomic E-state index is 0.0652. The zero-order chi connectivity index (χ0) is 10.2. The monoisotopic (exact) mass is 199 g/mol. The quantitative estimate of drug-likeness (QED) is 0.790. The lowest BCUT2D eigenvalue weighted by Gasteiger charge is -2.38. The van der Waals surface area contributed by atoms with Gasteiger partial charge in [-0.2, -0.15) is 0 Å². The molecule has 1 aromatic heterocycles. The summed E-state index contributed by atoms with van der Waals surface area (Å²) in [5, 5.41) is 2.93. The first-order chi connectivity index (χ1) is 6.55. The average Bonchev–Trinajstić information content (AvgIpc) is 2.06. The first-order valence-electron chi connectivity index (χ1n) is 4.48. The van der Waals surface area contributed by atoms with Crippen LogP contribution in [0.25, 0.3) is 0 Å². The molecule has 76 valence electrons. The third-order valence-electron chi connectivity index (χ3n) is 2.30. The summed E-state index contributed by atoms with van der Waals surface area (Å²) in [5.41, 5.74) is -1.07. The molecule has 14 heavy (non-hydrogen) atoms. The molecule has 0 saturated heterocycles. The number of nitrogens with zero attached hydrogens (tertiary/aromatic N) is 2. The highest BCUT2D eigenvalue weighted by Crippen LogP contribution is 2.36. The van der Waals surface area contributed by atoms with E-state index in [0.29, 0.717) is 18.8 Å². The molecule has 0 spiro atoms. The lowest BCUT2D eigenvalue weighted by Crippen LogP contribution is -2.45. The van der Waals surface area contributed by atoms with Gasteiger partial charge in [-0.1, -0.05) is 0 Å². The molecule has 1 aromatic rings.